The standard InChI is InChI=1S/C9H10BrN5O/c1-5-7(4-12-15(5)2)13-9(16)8-6(10)3-11-14-8/h3-4H,1-2H3,(H,11,14)(H,13,16). The second kappa shape index (κ2) is 4.09. The summed E-state index contributed by atoms with van der Waals surface area (Å²) in [6, 6.07) is 0. The Bertz CT molecular complexity index is 530. The molecular weight excluding hydrogens is 274 g/mol. The first-order chi connectivity index (χ1) is 7.59. The molecule has 0 radical (unpaired) electrons. The normalized spacial score (nSPS) is 10.4. The third kappa shape index (κ3) is 1.85. The van der Waals surface area contributed by atoms with Crippen LogP contribution in [0.2, 0.25) is 0 Å². The van der Waals surface area contributed by atoms with Crippen LogP contribution in [0.4, 0.5) is 5.69 Å². The summed E-state index contributed by atoms with van der Waals surface area (Å²) in [6.45, 7) is 1.88. The summed E-state index contributed by atoms with van der Waals surface area (Å²) in [5, 5.41) is 13.2. The van der Waals surface area contributed by atoms with Gasteiger partial charge in [0.2, 0.25) is 0 Å². The Kier molecular flexibility index (Phi) is 2.78. The van der Waals surface area contributed by atoms with E-state index in [0.717, 1.165) is 5.69 Å². The van der Waals surface area contributed by atoms with Gasteiger partial charge in [-0.3, -0.25) is 14.6 Å². The molecule has 2 rings (SSSR count). The van der Waals surface area contributed by atoms with E-state index in [1.54, 1.807) is 10.9 Å². The number of carbonyl (C=O) groups excluding carboxylic acids is 1. The van der Waals surface area contributed by atoms with E-state index in [-0.39, 0.29) is 5.91 Å². The second-order valence-electron chi connectivity index (χ2n) is 3.31. The molecule has 0 atom stereocenters. The predicted octanol–water partition coefficient (Wildman–Crippen LogP) is 1.47. The van der Waals surface area contributed by atoms with Gasteiger partial charge in [-0.1, -0.05) is 0 Å². The first-order valence-corrected chi connectivity index (χ1v) is 5.37. The number of rotatable bonds is 2. The zero-order valence-electron chi connectivity index (χ0n) is 8.78. The molecular formula is C9H10BrN5O. The van der Waals surface area contributed by atoms with Crippen LogP contribution in [0.1, 0.15) is 16.2 Å². The molecule has 0 aromatic carbocycles. The van der Waals surface area contributed by atoms with Crippen LogP contribution >= 0.6 is 15.9 Å². The van der Waals surface area contributed by atoms with Crippen LogP contribution in [-0.2, 0) is 7.05 Å². The number of aryl methyl sites for hydroxylation is 1. The van der Waals surface area contributed by atoms with Crippen molar-refractivity contribution in [2.24, 2.45) is 7.05 Å². The molecule has 0 aliphatic heterocycles. The number of nitrogens with one attached hydrogen (secondary N) is 2. The third-order valence-corrected chi connectivity index (χ3v) is 2.90. The molecule has 7 heteroatoms. The van der Waals surface area contributed by atoms with Crippen LogP contribution in [0.15, 0.2) is 16.9 Å². The number of hydrogen-bond donors (Lipinski definition) is 2. The molecule has 6 nitrogen and oxygen atoms in total. The molecule has 84 valence electrons. The molecule has 1 amide bonds. The first kappa shape index (κ1) is 10.9. The van der Waals surface area contributed by atoms with Crippen molar-refractivity contribution >= 4 is 27.5 Å². The van der Waals surface area contributed by atoms with Crippen LogP contribution in [0, 0.1) is 6.92 Å². The summed E-state index contributed by atoms with van der Waals surface area (Å²) >= 11 is 3.23. The molecule has 0 aliphatic rings. The van der Waals surface area contributed by atoms with Crippen LogP contribution in [0.5, 0.6) is 0 Å². The largest absolute Gasteiger partial charge is 0.318 e. The van der Waals surface area contributed by atoms with Crippen LogP contribution < -0.4 is 5.32 Å². The van der Waals surface area contributed by atoms with Gasteiger partial charge in [0.25, 0.3) is 5.91 Å². The molecule has 0 saturated carbocycles. The monoisotopic (exact) mass is 283 g/mol. The van der Waals surface area contributed by atoms with Crippen LogP contribution in [0.25, 0.3) is 0 Å². The summed E-state index contributed by atoms with van der Waals surface area (Å²) in [5.74, 6) is -0.250. The van der Waals surface area contributed by atoms with Gasteiger partial charge in [0, 0.05) is 7.05 Å². The van der Waals surface area contributed by atoms with E-state index in [0.29, 0.717) is 15.9 Å². The molecule has 0 unspecified atom stereocenters. The Balaban J connectivity index is 2.20. The zero-order valence-corrected chi connectivity index (χ0v) is 10.4. The van der Waals surface area contributed by atoms with Crippen molar-refractivity contribution in [1.82, 2.24) is 20.0 Å². The van der Waals surface area contributed by atoms with Crippen molar-refractivity contribution < 1.29 is 4.79 Å². The van der Waals surface area contributed by atoms with Gasteiger partial charge < -0.3 is 5.32 Å². The van der Waals surface area contributed by atoms with E-state index in [1.807, 2.05) is 14.0 Å². The Morgan fingerprint density at radius 2 is 2.31 bits per heavy atom. The highest BCUT2D eigenvalue weighted by Crippen LogP contribution is 2.17. The summed E-state index contributed by atoms with van der Waals surface area (Å²) in [6.07, 6.45) is 3.14. The van der Waals surface area contributed by atoms with E-state index in [1.165, 1.54) is 6.20 Å². The topological polar surface area (TPSA) is 75.6 Å². The van der Waals surface area contributed by atoms with Gasteiger partial charge >= 0.3 is 0 Å². The zero-order chi connectivity index (χ0) is 11.7. The number of aromatic nitrogens is 4. The minimum Gasteiger partial charge on any atom is -0.318 e. The first-order valence-electron chi connectivity index (χ1n) is 4.58. The van der Waals surface area contributed by atoms with E-state index >= 15 is 0 Å². The van der Waals surface area contributed by atoms with Crippen molar-refractivity contribution in [3.8, 4) is 0 Å². The lowest BCUT2D eigenvalue weighted by Gasteiger charge is -2.02. The molecule has 2 aromatic heterocycles. The Morgan fingerprint density at radius 1 is 1.56 bits per heavy atom. The number of nitrogens with zero attached hydrogens (tertiary/aromatic N) is 3. The summed E-state index contributed by atoms with van der Waals surface area (Å²) < 4.78 is 2.32. The quantitative estimate of drug-likeness (QED) is 0.876. The minimum atomic E-state index is -0.250. The Labute approximate surface area is 100 Å². The fourth-order valence-electron chi connectivity index (χ4n) is 1.24. The predicted molar refractivity (Wildman–Crippen MR) is 62.2 cm³/mol. The van der Waals surface area contributed by atoms with Gasteiger partial charge in [0.05, 0.1) is 28.2 Å². The fraction of sp³-hybridized carbons (Fsp3) is 0.222. The van der Waals surface area contributed by atoms with Gasteiger partial charge in [-0.05, 0) is 22.9 Å². The van der Waals surface area contributed by atoms with E-state index in [2.05, 4.69) is 36.5 Å². The SMILES string of the molecule is Cc1c(NC(=O)c2[nH]ncc2Br)cnn1C. The van der Waals surface area contributed by atoms with Crippen molar-refractivity contribution in [2.75, 3.05) is 5.32 Å². The number of H-pyrrole nitrogens is 1. The van der Waals surface area contributed by atoms with E-state index < -0.39 is 0 Å². The number of carbonyl (C=O) groups is 1. The highest BCUT2D eigenvalue weighted by atomic mass is 79.9. The highest BCUT2D eigenvalue weighted by Gasteiger charge is 2.14. The molecule has 2 heterocycles. The van der Waals surface area contributed by atoms with Gasteiger partial charge in [-0.2, -0.15) is 10.2 Å². The van der Waals surface area contributed by atoms with Crippen molar-refractivity contribution in [3.63, 3.8) is 0 Å². The maximum atomic E-state index is 11.8. The average Bonchev–Trinajstić information content (AvgIpc) is 2.79. The third-order valence-electron chi connectivity index (χ3n) is 2.30. The number of amides is 1. The molecule has 2 aromatic rings. The van der Waals surface area contributed by atoms with Gasteiger partial charge in [0.1, 0.15) is 5.69 Å². The average molecular weight is 284 g/mol. The van der Waals surface area contributed by atoms with Gasteiger partial charge in [0.15, 0.2) is 0 Å². The lowest BCUT2D eigenvalue weighted by atomic mass is 10.3. The highest BCUT2D eigenvalue weighted by molar-refractivity contribution is 9.10. The molecule has 0 aliphatic carbocycles. The van der Waals surface area contributed by atoms with E-state index in [4.69, 9.17) is 0 Å². The molecule has 2 N–H and O–H groups in total. The summed E-state index contributed by atoms with van der Waals surface area (Å²) in [5.41, 5.74) is 1.97. The number of aromatic amines is 1. The second-order valence-corrected chi connectivity index (χ2v) is 4.17. The Hall–Kier alpha value is -1.63. The van der Waals surface area contributed by atoms with E-state index in [9.17, 15) is 4.79 Å². The summed E-state index contributed by atoms with van der Waals surface area (Å²) in [7, 11) is 1.82. The number of hydrogen-bond acceptors (Lipinski definition) is 3. The minimum absolute atomic E-state index is 0.250. The van der Waals surface area contributed by atoms with Crippen molar-refractivity contribution in [2.45, 2.75) is 6.92 Å². The van der Waals surface area contributed by atoms with Gasteiger partial charge in [-0.25, -0.2) is 0 Å². The van der Waals surface area contributed by atoms with Crippen LogP contribution in [0.3, 0.4) is 0 Å². The fourth-order valence-corrected chi connectivity index (χ4v) is 1.61. The molecule has 0 fully saturated rings. The lowest BCUT2D eigenvalue weighted by molar-refractivity contribution is 0.102. The smallest absolute Gasteiger partial charge is 0.274 e. The molecule has 0 bridgehead atoms. The van der Waals surface area contributed by atoms with Crippen molar-refractivity contribution in [1.29, 1.82) is 0 Å². The van der Waals surface area contributed by atoms with Crippen molar-refractivity contribution in [3.05, 3.63) is 28.3 Å². The number of anilines is 1. The molecule has 0 saturated heterocycles. The summed E-state index contributed by atoms with van der Waals surface area (Å²) in [4.78, 5) is 11.8. The van der Waals surface area contributed by atoms with Crippen LogP contribution in [-0.4, -0.2) is 25.9 Å². The lowest BCUT2D eigenvalue weighted by Crippen LogP contribution is -2.13. The molecule has 16 heavy (non-hydrogen) atoms. The maximum Gasteiger partial charge on any atom is 0.274 e. The Morgan fingerprint density at radius 3 is 2.81 bits per heavy atom. The van der Waals surface area contributed by atoms with Gasteiger partial charge in [-0.15, -0.1) is 0 Å². The molecule has 0 spiro atoms. The number of halogens is 1. The maximum absolute atomic E-state index is 11.8.